The lowest BCUT2D eigenvalue weighted by Crippen LogP contribution is -2.58. The Labute approximate surface area is 296 Å². The lowest BCUT2D eigenvalue weighted by Gasteiger charge is -2.29. The van der Waals surface area contributed by atoms with Crippen LogP contribution in [0.2, 0.25) is 0 Å². The van der Waals surface area contributed by atoms with E-state index in [2.05, 4.69) is 21.3 Å². The minimum absolute atomic E-state index is 0.0246. The largest absolute Gasteiger partial charge is 0.370 e. The highest BCUT2D eigenvalue weighted by molar-refractivity contribution is 5.95. The molecule has 0 radical (unpaired) electrons. The van der Waals surface area contributed by atoms with Gasteiger partial charge in [-0.05, 0) is 69.2 Å². The van der Waals surface area contributed by atoms with Crippen LogP contribution in [0.4, 0.5) is 0 Å². The number of nitrogens with two attached hydrogens (primary N) is 2. The molecule has 1 aliphatic rings. The zero-order chi connectivity index (χ0) is 36.5. The van der Waals surface area contributed by atoms with E-state index in [4.69, 9.17) is 16.9 Å². The Bertz CT molecular complexity index is 1380. The third-order valence-electron chi connectivity index (χ3n) is 8.82. The van der Waals surface area contributed by atoms with E-state index in [0.29, 0.717) is 58.3 Å². The first-order valence-corrected chi connectivity index (χ1v) is 17.7. The summed E-state index contributed by atoms with van der Waals surface area (Å²) < 4.78 is 0. The van der Waals surface area contributed by atoms with E-state index < -0.39 is 41.9 Å². The molecule has 1 unspecified atom stereocenters. The molecule has 2 aromatic carbocycles. The molecular weight excluding hydrogens is 634 g/mol. The van der Waals surface area contributed by atoms with Crippen LogP contribution in [-0.2, 0) is 32.0 Å². The Kier molecular flexibility index (Phi) is 16.7. The summed E-state index contributed by atoms with van der Waals surface area (Å²) in [6.45, 7) is 6.59. The van der Waals surface area contributed by atoms with Crippen LogP contribution in [0, 0.1) is 11.3 Å². The number of hydrogen-bond acceptors (Lipinski definition) is 7. The van der Waals surface area contributed by atoms with Crippen molar-refractivity contribution in [3.05, 3.63) is 71.8 Å². The molecule has 4 amide bonds. The Balaban J connectivity index is 1.78. The zero-order valence-corrected chi connectivity index (χ0v) is 29.8. The van der Waals surface area contributed by atoms with Gasteiger partial charge in [0.1, 0.15) is 18.1 Å². The van der Waals surface area contributed by atoms with Crippen molar-refractivity contribution in [3.63, 3.8) is 0 Å². The number of hydrogen-bond donors (Lipinski definition) is 7. The molecule has 4 atom stereocenters. The van der Waals surface area contributed by atoms with Crippen molar-refractivity contribution in [1.82, 2.24) is 31.1 Å². The molecule has 1 fully saturated rings. The molecule has 1 aliphatic heterocycles. The first-order chi connectivity index (χ1) is 24.0. The second-order valence-electron chi connectivity index (χ2n) is 13.4. The number of carbonyl (C=O) groups excluding carboxylic acids is 4. The summed E-state index contributed by atoms with van der Waals surface area (Å²) in [5, 5.41) is 19.6. The van der Waals surface area contributed by atoms with Crippen molar-refractivity contribution < 1.29 is 19.2 Å². The number of nitrogens with zero attached hydrogens (tertiary/aromatic N) is 2. The Morgan fingerprint density at radius 2 is 1.28 bits per heavy atom. The van der Waals surface area contributed by atoms with E-state index in [1.165, 1.54) is 0 Å². The molecule has 0 bridgehead atoms. The highest BCUT2D eigenvalue weighted by Gasteiger charge is 2.33. The molecule has 0 spiro atoms. The molecule has 1 heterocycles. The number of benzene rings is 2. The highest BCUT2D eigenvalue weighted by Crippen LogP contribution is 2.13. The van der Waals surface area contributed by atoms with Crippen molar-refractivity contribution in [2.24, 2.45) is 17.4 Å². The second kappa shape index (κ2) is 20.9. The first kappa shape index (κ1) is 39.9. The molecule has 0 aromatic heterocycles. The Morgan fingerprint density at radius 1 is 0.740 bits per heavy atom. The predicted molar refractivity (Wildman–Crippen MR) is 196 cm³/mol. The van der Waals surface area contributed by atoms with Crippen LogP contribution < -0.4 is 32.7 Å². The van der Waals surface area contributed by atoms with Gasteiger partial charge in [-0.2, -0.15) is 0 Å². The first-order valence-electron chi connectivity index (χ1n) is 17.7. The monoisotopic (exact) mass is 691 g/mol. The fourth-order valence-electron chi connectivity index (χ4n) is 6.05. The fraction of sp³-hybridized carbons (Fsp3) is 0.541. The van der Waals surface area contributed by atoms with Crippen LogP contribution in [0.25, 0.3) is 0 Å². The maximum atomic E-state index is 14.0. The average Bonchev–Trinajstić information content (AvgIpc) is 3.36. The van der Waals surface area contributed by atoms with Crippen LogP contribution in [-0.4, -0.2) is 103 Å². The SMILES string of the molecule is CNCCCC[C@@H](NC(=O)[C@@H](CC(C)C)NC(=O)C(Cc1ccccc1)NC(=O)[C@H](N)Cc1ccccc1)C(=O)N1CCCN(C(=N)N)CC1. The quantitative estimate of drug-likeness (QED) is 0.0685. The van der Waals surface area contributed by atoms with Crippen LogP contribution in [0.1, 0.15) is 57.1 Å². The van der Waals surface area contributed by atoms with E-state index in [0.717, 1.165) is 24.1 Å². The Hall–Kier alpha value is -4.49. The maximum absolute atomic E-state index is 14.0. The van der Waals surface area contributed by atoms with Gasteiger partial charge in [-0.15, -0.1) is 0 Å². The van der Waals surface area contributed by atoms with Gasteiger partial charge in [0.15, 0.2) is 5.96 Å². The normalized spacial score (nSPS) is 15.7. The zero-order valence-electron chi connectivity index (χ0n) is 29.8. The van der Waals surface area contributed by atoms with E-state index >= 15 is 0 Å². The van der Waals surface area contributed by atoms with Gasteiger partial charge < -0.3 is 42.5 Å². The molecular formula is C37H57N9O4. The van der Waals surface area contributed by atoms with Gasteiger partial charge in [0.25, 0.3) is 0 Å². The van der Waals surface area contributed by atoms with Gasteiger partial charge in [0.2, 0.25) is 23.6 Å². The summed E-state index contributed by atoms with van der Waals surface area (Å²) in [6, 6.07) is 15.2. The minimum atomic E-state index is -0.991. The summed E-state index contributed by atoms with van der Waals surface area (Å²) >= 11 is 0. The summed E-state index contributed by atoms with van der Waals surface area (Å²) in [6.07, 6.45) is 3.46. The molecule has 0 saturated carbocycles. The van der Waals surface area contributed by atoms with Crippen molar-refractivity contribution >= 4 is 29.6 Å². The molecule has 1 saturated heterocycles. The summed E-state index contributed by atoms with van der Waals surface area (Å²) in [4.78, 5) is 58.5. The third kappa shape index (κ3) is 13.4. The van der Waals surface area contributed by atoms with E-state index in [1.807, 2.05) is 81.6 Å². The summed E-state index contributed by atoms with van der Waals surface area (Å²) in [5.74, 6) is -1.61. The minimum Gasteiger partial charge on any atom is -0.370 e. The molecule has 13 heteroatoms. The van der Waals surface area contributed by atoms with E-state index in [9.17, 15) is 19.2 Å². The van der Waals surface area contributed by atoms with Crippen molar-refractivity contribution in [2.75, 3.05) is 39.8 Å². The van der Waals surface area contributed by atoms with Gasteiger partial charge >= 0.3 is 0 Å². The third-order valence-corrected chi connectivity index (χ3v) is 8.82. The van der Waals surface area contributed by atoms with Crippen molar-refractivity contribution in [2.45, 2.75) is 83.0 Å². The fourth-order valence-corrected chi connectivity index (χ4v) is 6.05. The molecule has 3 rings (SSSR count). The standard InChI is InChI=1S/C37H57N9O4/c1-26(2)23-31(34(48)42-30(17-10-11-18-41-3)36(50)45-19-12-20-46(22-21-45)37(39)40)44-35(49)32(25-28-15-8-5-9-16-28)43-33(47)29(38)24-27-13-6-4-7-14-27/h4-9,13-16,26,29-32,41H,10-12,17-25,38H2,1-3H3,(H3,39,40)(H,42,48)(H,43,47)(H,44,49)/t29-,30-,31-,32?/m1/s1. The van der Waals surface area contributed by atoms with Crippen molar-refractivity contribution in [3.8, 4) is 0 Å². The highest BCUT2D eigenvalue weighted by atomic mass is 16.2. The van der Waals surface area contributed by atoms with Gasteiger partial charge in [-0.3, -0.25) is 24.6 Å². The van der Waals surface area contributed by atoms with Crippen LogP contribution in [0.5, 0.6) is 0 Å². The molecule has 9 N–H and O–H groups in total. The van der Waals surface area contributed by atoms with Crippen LogP contribution in [0.15, 0.2) is 60.7 Å². The number of rotatable bonds is 18. The van der Waals surface area contributed by atoms with Crippen LogP contribution in [0.3, 0.4) is 0 Å². The number of guanidine groups is 1. The van der Waals surface area contributed by atoms with Gasteiger partial charge in [0.05, 0.1) is 6.04 Å². The molecule has 2 aromatic rings. The molecule has 13 nitrogen and oxygen atoms in total. The molecule has 274 valence electrons. The van der Waals surface area contributed by atoms with Gasteiger partial charge in [-0.25, -0.2) is 0 Å². The second-order valence-corrected chi connectivity index (χ2v) is 13.4. The number of amides is 4. The maximum Gasteiger partial charge on any atom is 0.245 e. The number of nitrogens with one attached hydrogen (secondary N) is 5. The summed E-state index contributed by atoms with van der Waals surface area (Å²) in [5.41, 5.74) is 13.7. The van der Waals surface area contributed by atoms with Crippen molar-refractivity contribution in [1.29, 1.82) is 5.41 Å². The average molecular weight is 692 g/mol. The van der Waals surface area contributed by atoms with E-state index in [1.54, 1.807) is 9.80 Å². The number of unbranched alkanes of at least 4 members (excludes halogenated alkanes) is 1. The Morgan fingerprint density at radius 3 is 1.88 bits per heavy atom. The summed E-state index contributed by atoms with van der Waals surface area (Å²) in [7, 11) is 1.87. The smallest absolute Gasteiger partial charge is 0.245 e. The van der Waals surface area contributed by atoms with E-state index in [-0.39, 0.29) is 24.2 Å². The predicted octanol–water partition coefficient (Wildman–Crippen LogP) is 1.12. The number of carbonyl (C=O) groups is 4. The lowest BCUT2D eigenvalue weighted by atomic mass is 9.99. The topological polar surface area (TPSA) is 199 Å². The van der Waals surface area contributed by atoms with Gasteiger partial charge in [-0.1, -0.05) is 74.5 Å². The molecule has 0 aliphatic carbocycles. The lowest BCUT2D eigenvalue weighted by molar-refractivity contribution is -0.138. The van der Waals surface area contributed by atoms with Gasteiger partial charge in [0, 0.05) is 32.6 Å². The molecule has 50 heavy (non-hydrogen) atoms. The van der Waals surface area contributed by atoms with Crippen LogP contribution >= 0.6 is 0 Å².